The molecule has 2 aromatic rings. The highest BCUT2D eigenvalue weighted by Crippen LogP contribution is 2.27. The highest BCUT2D eigenvalue weighted by Gasteiger charge is 2.17. The smallest absolute Gasteiger partial charge is 0.411 e. The zero-order valence-corrected chi connectivity index (χ0v) is 15.3. The fraction of sp³-hybridized carbons (Fsp3) is 0.300. The van der Waals surface area contributed by atoms with Crippen molar-refractivity contribution in [2.45, 2.75) is 12.8 Å². The first kappa shape index (κ1) is 18.6. The molecule has 142 valence electrons. The molecule has 7 heteroatoms. The van der Waals surface area contributed by atoms with Gasteiger partial charge >= 0.3 is 12.1 Å². The fourth-order valence-electron chi connectivity index (χ4n) is 3.09. The van der Waals surface area contributed by atoms with Gasteiger partial charge in [-0.15, -0.1) is 0 Å². The molecule has 1 aliphatic heterocycles. The van der Waals surface area contributed by atoms with E-state index < -0.39 is 6.09 Å². The van der Waals surface area contributed by atoms with Crippen molar-refractivity contribution in [3.05, 3.63) is 54.1 Å². The van der Waals surface area contributed by atoms with E-state index in [2.05, 4.69) is 49.9 Å². The Kier molecular flexibility index (Phi) is 6.14. The molecule has 0 aliphatic carbocycles. The Balaban J connectivity index is 1.37. The zero-order chi connectivity index (χ0) is 19.1. The standard InChI is InChI=1S/C20H24N4O3/c1-27-20(26)23-17-9-7-16(8-10-17)22-19(25)21-12-4-13-24-14-11-15-5-2-3-6-18(15)24/h2-3,5-10H,4,11-14H2,1H3,(H,23,26)(H2,21,22,25). The maximum Gasteiger partial charge on any atom is 0.411 e. The first-order chi connectivity index (χ1) is 13.2. The molecule has 0 saturated heterocycles. The number of nitrogens with zero attached hydrogens (tertiary/aromatic N) is 1. The number of anilines is 3. The van der Waals surface area contributed by atoms with Gasteiger partial charge in [0.25, 0.3) is 0 Å². The van der Waals surface area contributed by atoms with E-state index in [1.807, 2.05) is 0 Å². The number of rotatable bonds is 6. The minimum absolute atomic E-state index is 0.245. The van der Waals surface area contributed by atoms with Gasteiger partial charge in [0.2, 0.25) is 0 Å². The summed E-state index contributed by atoms with van der Waals surface area (Å²) in [6.45, 7) is 2.56. The number of para-hydroxylation sites is 1. The van der Waals surface area contributed by atoms with Gasteiger partial charge in [-0.25, -0.2) is 9.59 Å². The third-order valence-electron chi connectivity index (χ3n) is 4.45. The number of nitrogens with one attached hydrogen (secondary N) is 3. The monoisotopic (exact) mass is 368 g/mol. The maximum atomic E-state index is 12.0. The predicted molar refractivity (Wildman–Crippen MR) is 106 cm³/mol. The first-order valence-electron chi connectivity index (χ1n) is 8.98. The number of hydrogen-bond donors (Lipinski definition) is 3. The average Bonchev–Trinajstić information content (AvgIpc) is 3.10. The van der Waals surface area contributed by atoms with E-state index in [1.54, 1.807) is 24.3 Å². The summed E-state index contributed by atoms with van der Waals surface area (Å²) in [7, 11) is 1.30. The normalized spacial score (nSPS) is 12.3. The van der Waals surface area contributed by atoms with Crippen molar-refractivity contribution in [1.82, 2.24) is 5.32 Å². The number of methoxy groups -OCH3 is 1. The molecule has 0 fully saturated rings. The lowest BCUT2D eigenvalue weighted by Crippen LogP contribution is -2.32. The molecule has 0 saturated carbocycles. The lowest BCUT2D eigenvalue weighted by Gasteiger charge is -2.19. The van der Waals surface area contributed by atoms with Crippen molar-refractivity contribution >= 4 is 29.2 Å². The van der Waals surface area contributed by atoms with E-state index >= 15 is 0 Å². The molecule has 2 aromatic carbocycles. The van der Waals surface area contributed by atoms with Gasteiger partial charge < -0.3 is 20.3 Å². The second kappa shape index (κ2) is 8.93. The Bertz CT molecular complexity index is 792. The minimum Gasteiger partial charge on any atom is -0.453 e. The molecule has 27 heavy (non-hydrogen) atoms. The molecule has 3 amide bonds. The van der Waals surface area contributed by atoms with Crippen molar-refractivity contribution < 1.29 is 14.3 Å². The number of urea groups is 1. The zero-order valence-electron chi connectivity index (χ0n) is 15.3. The number of benzene rings is 2. The van der Waals surface area contributed by atoms with Crippen molar-refractivity contribution in [3.63, 3.8) is 0 Å². The van der Waals surface area contributed by atoms with Crippen LogP contribution < -0.4 is 20.9 Å². The predicted octanol–water partition coefficient (Wildman–Crippen LogP) is 3.44. The van der Waals surface area contributed by atoms with Gasteiger partial charge in [-0.3, -0.25) is 5.32 Å². The number of carbonyl (C=O) groups is 2. The van der Waals surface area contributed by atoms with Crippen LogP contribution in [0.25, 0.3) is 0 Å². The third kappa shape index (κ3) is 5.13. The lowest BCUT2D eigenvalue weighted by molar-refractivity contribution is 0.187. The lowest BCUT2D eigenvalue weighted by atomic mass is 10.2. The van der Waals surface area contributed by atoms with E-state index in [9.17, 15) is 9.59 Å². The molecule has 1 aliphatic rings. The number of ether oxygens (including phenoxy) is 1. The molecule has 0 spiro atoms. The third-order valence-corrected chi connectivity index (χ3v) is 4.45. The number of amides is 3. The summed E-state index contributed by atoms with van der Waals surface area (Å²) < 4.78 is 4.53. The van der Waals surface area contributed by atoms with Crippen molar-refractivity contribution in [2.75, 3.05) is 42.3 Å². The summed E-state index contributed by atoms with van der Waals surface area (Å²) in [5.41, 5.74) is 3.95. The van der Waals surface area contributed by atoms with E-state index in [0.717, 1.165) is 25.9 Å². The molecular formula is C20H24N4O3. The van der Waals surface area contributed by atoms with Crippen LogP contribution in [0.4, 0.5) is 26.7 Å². The van der Waals surface area contributed by atoms with Crippen LogP contribution in [0.3, 0.4) is 0 Å². The van der Waals surface area contributed by atoms with Crippen molar-refractivity contribution in [1.29, 1.82) is 0 Å². The van der Waals surface area contributed by atoms with Gasteiger partial charge in [-0.05, 0) is 48.7 Å². The van der Waals surface area contributed by atoms with Gasteiger partial charge in [0, 0.05) is 36.7 Å². The largest absolute Gasteiger partial charge is 0.453 e. The highest BCUT2D eigenvalue weighted by atomic mass is 16.5. The quantitative estimate of drug-likeness (QED) is 0.682. The van der Waals surface area contributed by atoms with E-state index in [-0.39, 0.29) is 6.03 Å². The Hall–Kier alpha value is -3.22. The number of fused-ring (bicyclic) bond motifs is 1. The number of hydrogen-bond acceptors (Lipinski definition) is 4. The molecular weight excluding hydrogens is 344 g/mol. The van der Waals surface area contributed by atoms with Crippen LogP contribution in [0.2, 0.25) is 0 Å². The Morgan fingerprint density at radius 3 is 2.48 bits per heavy atom. The molecule has 0 unspecified atom stereocenters. The van der Waals surface area contributed by atoms with Crippen LogP contribution in [0.5, 0.6) is 0 Å². The number of carbonyl (C=O) groups excluding carboxylic acids is 2. The fourth-order valence-corrected chi connectivity index (χ4v) is 3.09. The molecule has 7 nitrogen and oxygen atoms in total. The molecule has 0 radical (unpaired) electrons. The summed E-state index contributed by atoms with van der Waals surface area (Å²) in [6.07, 6.45) is 1.43. The van der Waals surface area contributed by atoms with E-state index in [0.29, 0.717) is 17.9 Å². The van der Waals surface area contributed by atoms with Crippen molar-refractivity contribution in [2.24, 2.45) is 0 Å². The molecule has 3 N–H and O–H groups in total. The van der Waals surface area contributed by atoms with E-state index in [4.69, 9.17) is 0 Å². The Labute approximate surface area is 158 Å². The Morgan fingerprint density at radius 2 is 1.74 bits per heavy atom. The van der Waals surface area contributed by atoms with Crippen molar-refractivity contribution in [3.8, 4) is 0 Å². The Morgan fingerprint density at radius 1 is 1.04 bits per heavy atom. The van der Waals surface area contributed by atoms with Gasteiger partial charge in [-0.1, -0.05) is 18.2 Å². The van der Waals surface area contributed by atoms with Gasteiger partial charge in [0.15, 0.2) is 0 Å². The van der Waals surface area contributed by atoms with Crippen LogP contribution >= 0.6 is 0 Å². The SMILES string of the molecule is COC(=O)Nc1ccc(NC(=O)NCCCN2CCc3ccccc32)cc1. The highest BCUT2D eigenvalue weighted by molar-refractivity contribution is 5.90. The molecule has 0 atom stereocenters. The van der Waals surface area contributed by atoms with Gasteiger partial charge in [0.1, 0.15) is 0 Å². The van der Waals surface area contributed by atoms with Gasteiger partial charge in [-0.2, -0.15) is 0 Å². The average molecular weight is 368 g/mol. The summed E-state index contributed by atoms with van der Waals surface area (Å²) in [5.74, 6) is 0. The maximum absolute atomic E-state index is 12.0. The second-order valence-corrected chi connectivity index (χ2v) is 6.29. The molecule has 0 aromatic heterocycles. The summed E-state index contributed by atoms with van der Waals surface area (Å²) in [4.78, 5) is 25.5. The summed E-state index contributed by atoms with van der Waals surface area (Å²) in [6, 6.07) is 15.0. The minimum atomic E-state index is -0.533. The van der Waals surface area contributed by atoms with Crippen LogP contribution in [0.15, 0.2) is 48.5 Å². The topological polar surface area (TPSA) is 82.7 Å². The molecule has 0 bridgehead atoms. The van der Waals surface area contributed by atoms with Crippen LogP contribution in [0.1, 0.15) is 12.0 Å². The molecule has 3 rings (SSSR count). The first-order valence-corrected chi connectivity index (χ1v) is 8.98. The second-order valence-electron chi connectivity index (χ2n) is 6.29. The summed E-state index contributed by atoms with van der Waals surface area (Å²) in [5, 5.41) is 8.20. The van der Waals surface area contributed by atoms with Crippen LogP contribution in [-0.4, -0.2) is 38.9 Å². The summed E-state index contributed by atoms with van der Waals surface area (Å²) >= 11 is 0. The molecule has 1 heterocycles. The van der Waals surface area contributed by atoms with Crippen LogP contribution in [-0.2, 0) is 11.2 Å². The van der Waals surface area contributed by atoms with Gasteiger partial charge in [0.05, 0.1) is 7.11 Å². The van der Waals surface area contributed by atoms with E-state index in [1.165, 1.54) is 18.4 Å². The van der Waals surface area contributed by atoms with Crippen LogP contribution in [0, 0.1) is 0 Å².